The number of esters is 1. The van der Waals surface area contributed by atoms with Crippen molar-refractivity contribution in [2.24, 2.45) is 5.41 Å². The van der Waals surface area contributed by atoms with Crippen LogP contribution in [0.25, 0.3) is 5.57 Å². The molecule has 0 atom stereocenters. The molecule has 0 unspecified atom stereocenters. The molecule has 0 aromatic heterocycles. The number of amides is 1. The third kappa shape index (κ3) is 4.22. The van der Waals surface area contributed by atoms with E-state index in [0.29, 0.717) is 24.2 Å². The monoisotopic (exact) mass is 477 g/mol. The molecule has 3 rings (SSSR count). The lowest BCUT2D eigenvalue weighted by atomic mass is 9.78. The molecule has 1 aromatic rings. The molecule has 2 aliphatic rings. The molecule has 1 saturated carbocycles. The van der Waals surface area contributed by atoms with E-state index in [4.69, 9.17) is 9.47 Å². The van der Waals surface area contributed by atoms with Crippen LogP contribution in [-0.4, -0.2) is 30.6 Å². The lowest BCUT2D eigenvalue weighted by molar-refractivity contribution is -0.150. The average molecular weight is 478 g/mol. The highest BCUT2D eigenvalue weighted by atomic mass is 79.9. The maximum absolute atomic E-state index is 13.3. The summed E-state index contributed by atoms with van der Waals surface area (Å²) in [7, 11) is 1.72. The Hall–Kier alpha value is -1.66. The fourth-order valence-electron chi connectivity index (χ4n) is 4.42. The van der Waals surface area contributed by atoms with Gasteiger partial charge in [0.2, 0.25) is 0 Å². The first-order valence-electron chi connectivity index (χ1n) is 10.6. The average Bonchev–Trinajstić information content (AvgIpc) is 2.92. The topological polar surface area (TPSA) is 64.6 Å². The first-order chi connectivity index (χ1) is 14.0. The van der Waals surface area contributed by atoms with E-state index in [1.807, 2.05) is 39.8 Å². The number of aryl methyl sites for hydroxylation is 2. The highest BCUT2D eigenvalue weighted by Crippen LogP contribution is 2.45. The van der Waals surface area contributed by atoms with E-state index in [-0.39, 0.29) is 18.0 Å². The number of ether oxygens (including phenoxy) is 2. The first-order valence-corrected chi connectivity index (χ1v) is 11.4. The molecule has 0 saturated heterocycles. The molecule has 1 aromatic carbocycles. The van der Waals surface area contributed by atoms with Gasteiger partial charge in [0.25, 0.3) is 5.91 Å². The lowest BCUT2D eigenvalue weighted by Crippen LogP contribution is -2.49. The molecule has 1 N–H and O–H groups in total. The second-order valence-electron chi connectivity index (χ2n) is 9.43. The van der Waals surface area contributed by atoms with Gasteiger partial charge in [0.15, 0.2) is 0 Å². The normalized spacial score (nSPS) is 24.4. The van der Waals surface area contributed by atoms with E-state index in [9.17, 15) is 9.59 Å². The smallest absolute Gasteiger partial charge is 0.316 e. The molecule has 30 heavy (non-hydrogen) atoms. The van der Waals surface area contributed by atoms with E-state index in [2.05, 4.69) is 28.2 Å². The Morgan fingerprint density at radius 3 is 2.43 bits per heavy atom. The van der Waals surface area contributed by atoms with Crippen molar-refractivity contribution in [3.05, 3.63) is 39.1 Å². The van der Waals surface area contributed by atoms with Gasteiger partial charge in [-0.25, -0.2) is 0 Å². The minimum absolute atomic E-state index is 0.164. The maximum Gasteiger partial charge on any atom is 0.316 e. The molecule has 1 aliphatic carbocycles. The molecule has 1 amide bonds. The van der Waals surface area contributed by atoms with E-state index in [0.717, 1.165) is 40.4 Å². The van der Waals surface area contributed by atoms with Gasteiger partial charge < -0.3 is 14.8 Å². The van der Waals surface area contributed by atoms with Crippen LogP contribution in [0.3, 0.4) is 0 Å². The lowest BCUT2D eigenvalue weighted by Gasteiger charge is -2.38. The quantitative estimate of drug-likeness (QED) is 0.614. The molecular weight excluding hydrogens is 446 g/mol. The third-order valence-corrected chi connectivity index (χ3v) is 6.64. The maximum atomic E-state index is 13.3. The number of nitrogens with one attached hydrogen (secondary N) is 1. The first kappa shape index (κ1) is 23.0. The summed E-state index contributed by atoms with van der Waals surface area (Å²) < 4.78 is 12.6. The molecule has 1 heterocycles. The van der Waals surface area contributed by atoms with Gasteiger partial charge in [0.05, 0.1) is 22.6 Å². The predicted octanol–water partition coefficient (Wildman–Crippen LogP) is 5.08. The van der Waals surface area contributed by atoms with Crippen molar-refractivity contribution in [3.8, 4) is 0 Å². The van der Waals surface area contributed by atoms with Crippen LogP contribution in [0.1, 0.15) is 70.1 Å². The minimum atomic E-state index is -0.670. The van der Waals surface area contributed by atoms with Crippen molar-refractivity contribution in [1.82, 2.24) is 5.32 Å². The Balaban J connectivity index is 2.19. The number of rotatable bonds is 4. The zero-order valence-corrected chi connectivity index (χ0v) is 20.4. The molecule has 164 valence electrons. The van der Waals surface area contributed by atoms with Gasteiger partial charge in [-0.2, -0.15) is 0 Å². The Labute approximate surface area is 187 Å². The predicted molar refractivity (Wildman–Crippen MR) is 121 cm³/mol. The van der Waals surface area contributed by atoms with Gasteiger partial charge in [-0.05, 0) is 88.6 Å². The highest BCUT2D eigenvalue weighted by molar-refractivity contribution is 9.10. The Morgan fingerprint density at radius 2 is 1.90 bits per heavy atom. The van der Waals surface area contributed by atoms with Crippen molar-refractivity contribution in [2.45, 2.75) is 78.4 Å². The van der Waals surface area contributed by atoms with Gasteiger partial charge in [0, 0.05) is 11.6 Å². The molecule has 6 heteroatoms. The van der Waals surface area contributed by atoms with Crippen molar-refractivity contribution in [2.75, 3.05) is 7.11 Å². The van der Waals surface area contributed by atoms with Crippen LogP contribution in [0.5, 0.6) is 0 Å². The Kier molecular flexibility index (Phi) is 6.49. The molecule has 1 aliphatic heterocycles. The summed E-state index contributed by atoms with van der Waals surface area (Å²) in [6.07, 6.45) is 3.92. The molecule has 0 bridgehead atoms. The zero-order valence-electron chi connectivity index (χ0n) is 18.8. The van der Waals surface area contributed by atoms with Crippen LogP contribution >= 0.6 is 15.9 Å². The van der Waals surface area contributed by atoms with Crippen molar-refractivity contribution < 1.29 is 19.1 Å². The summed E-state index contributed by atoms with van der Waals surface area (Å²) in [5.74, 6) is -0.00245. The summed E-state index contributed by atoms with van der Waals surface area (Å²) in [6.45, 7) is 9.55. The van der Waals surface area contributed by atoms with Crippen molar-refractivity contribution in [3.63, 3.8) is 0 Å². The van der Waals surface area contributed by atoms with Crippen LogP contribution in [0.2, 0.25) is 0 Å². The van der Waals surface area contributed by atoms with Crippen LogP contribution in [0.15, 0.2) is 22.4 Å². The van der Waals surface area contributed by atoms with Gasteiger partial charge in [-0.3, -0.25) is 9.59 Å². The van der Waals surface area contributed by atoms with Crippen LogP contribution in [0, 0.1) is 12.3 Å². The number of methoxy groups -OCH3 is 1. The number of carbonyl (C=O) groups excluding carboxylic acids is 2. The number of hydrogen-bond donors (Lipinski definition) is 1. The minimum Gasteiger partial charge on any atom is -0.427 e. The van der Waals surface area contributed by atoms with E-state index in [1.54, 1.807) is 7.11 Å². The SMILES string of the molecule is CCc1cc(Br)cc(C)c1C1=C(OC(=O)C(C)(C)C)C2(CCC(OC)CC2)NC1=O. The third-order valence-electron chi connectivity index (χ3n) is 6.18. The summed E-state index contributed by atoms with van der Waals surface area (Å²) in [4.78, 5) is 26.3. The van der Waals surface area contributed by atoms with E-state index >= 15 is 0 Å². The molecule has 1 spiro atoms. The van der Waals surface area contributed by atoms with Gasteiger partial charge in [-0.15, -0.1) is 0 Å². The fraction of sp³-hybridized carbons (Fsp3) is 0.583. The zero-order chi connectivity index (χ0) is 22.3. The molecular formula is C24H32BrNO4. The number of carbonyl (C=O) groups is 2. The van der Waals surface area contributed by atoms with Crippen molar-refractivity contribution >= 4 is 33.4 Å². The molecule has 1 fully saturated rings. The standard InChI is InChI=1S/C24H32BrNO4/c1-7-15-13-16(25)12-14(2)18(15)19-20(30-22(28)23(3,4)5)24(26-21(19)27)10-8-17(29-6)9-11-24/h12-13,17H,7-11H2,1-6H3,(H,26,27). The van der Waals surface area contributed by atoms with Gasteiger partial charge in [0.1, 0.15) is 5.76 Å². The van der Waals surface area contributed by atoms with Gasteiger partial charge in [-0.1, -0.05) is 22.9 Å². The van der Waals surface area contributed by atoms with Crippen LogP contribution in [0.4, 0.5) is 0 Å². The highest BCUT2D eigenvalue weighted by Gasteiger charge is 2.51. The number of benzene rings is 1. The van der Waals surface area contributed by atoms with Crippen LogP contribution in [-0.2, 0) is 25.5 Å². The van der Waals surface area contributed by atoms with Crippen LogP contribution < -0.4 is 5.32 Å². The number of hydrogen-bond acceptors (Lipinski definition) is 4. The second-order valence-corrected chi connectivity index (χ2v) is 10.3. The Bertz CT molecular complexity index is 889. The largest absolute Gasteiger partial charge is 0.427 e. The summed E-state index contributed by atoms with van der Waals surface area (Å²) in [6, 6.07) is 4.05. The molecule has 5 nitrogen and oxygen atoms in total. The summed E-state index contributed by atoms with van der Waals surface area (Å²) >= 11 is 3.56. The van der Waals surface area contributed by atoms with Crippen molar-refractivity contribution in [1.29, 1.82) is 0 Å². The van der Waals surface area contributed by atoms with Gasteiger partial charge >= 0.3 is 5.97 Å². The molecule has 0 radical (unpaired) electrons. The van der Waals surface area contributed by atoms with E-state index in [1.165, 1.54) is 0 Å². The Morgan fingerprint density at radius 1 is 1.27 bits per heavy atom. The number of halogens is 1. The second kappa shape index (κ2) is 8.46. The van der Waals surface area contributed by atoms with E-state index < -0.39 is 11.0 Å². The summed E-state index contributed by atoms with van der Waals surface area (Å²) in [5, 5.41) is 3.21. The fourth-order valence-corrected chi connectivity index (χ4v) is 5.04. The summed E-state index contributed by atoms with van der Waals surface area (Å²) in [5.41, 5.74) is 2.09.